The highest BCUT2D eigenvalue weighted by molar-refractivity contribution is 5.55. The van der Waals surface area contributed by atoms with Gasteiger partial charge in [-0.15, -0.1) is 0 Å². The summed E-state index contributed by atoms with van der Waals surface area (Å²) in [7, 11) is 0. The van der Waals surface area contributed by atoms with Crippen molar-refractivity contribution in [2.45, 2.75) is 13.8 Å². The summed E-state index contributed by atoms with van der Waals surface area (Å²) in [4.78, 5) is 19.6. The number of nitrogens with zero attached hydrogens (tertiary/aromatic N) is 4. The van der Waals surface area contributed by atoms with Crippen LogP contribution >= 0.6 is 0 Å². The number of benzene rings is 1. The second kappa shape index (κ2) is 6.24. The van der Waals surface area contributed by atoms with Crippen molar-refractivity contribution >= 4 is 17.2 Å². The number of hydrogen-bond acceptors (Lipinski definition) is 5. The van der Waals surface area contributed by atoms with Gasteiger partial charge in [0, 0.05) is 49.7 Å². The van der Waals surface area contributed by atoms with E-state index < -0.39 is 0 Å². The van der Waals surface area contributed by atoms with Gasteiger partial charge < -0.3 is 9.80 Å². The Morgan fingerprint density at radius 3 is 2.39 bits per heavy atom. The number of anilines is 2. The summed E-state index contributed by atoms with van der Waals surface area (Å²) >= 11 is 0. The van der Waals surface area contributed by atoms with Crippen molar-refractivity contribution in [2.24, 2.45) is 0 Å². The molecule has 0 atom stereocenters. The van der Waals surface area contributed by atoms with Crippen LogP contribution in [0.5, 0.6) is 0 Å². The van der Waals surface area contributed by atoms with Gasteiger partial charge in [-0.2, -0.15) is 0 Å². The molecule has 2 heterocycles. The molecule has 0 aliphatic carbocycles. The monoisotopic (exact) mass is 312 g/mol. The number of nitro benzene ring substituents is 1. The Kier molecular flexibility index (Phi) is 4.14. The van der Waals surface area contributed by atoms with E-state index in [1.807, 2.05) is 13.0 Å². The first kappa shape index (κ1) is 15.3. The average molecular weight is 312 g/mol. The van der Waals surface area contributed by atoms with E-state index in [1.165, 1.54) is 11.6 Å². The zero-order chi connectivity index (χ0) is 16.4. The molecule has 0 radical (unpaired) electrons. The van der Waals surface area contributed by atoms with Crippen molar-refractivity contribution in [1.29, 1.82) is 0 Å². The van der Waals surface area contributed by atoms with E-state index in [0.29, 0.717) is 0 Å². The average Bonchev–Trinajstić information content (AvgIpc) is 2.54. The smallest absolute Gasteiger partial charge is 0.271 e. The van der Waals surface area contributed by atoms with Crippen molar-refractivity contribution in [3.63, 3.8) is 0 Å². The first-order valence-electron chi connectivity index (χ1n) is 7.72. The van der Waals surface area contributed by atoms with Crippen LogP contribution < -0.4 is 9.80 Å². The van der Waals surface area contributed by atoms with Crippen molar-refractivity contribution in [3.8, 4) is 0 Å². The quantitative estimate of drug-likeness (QED) is 0.644. The standard InChI is InChI=1S/C17H20N4O2/c1-13-10-14(2)18-17(11-13)20-8-6-19(7-9-20)15-4-3-5-16(12-15)21(22)23/h3-5,10-12H,6-9H2,1-2H3. The molecule has 6 heteroatoms. The van der Waals surface area contributed by atoms with E-state index in [0.717, 1.165) is 43.4 Å². The lowest BCUT2D eigenvalue weighted by molar-refractivity contribution is -0.384. The summed E-state index contributed by atoms with van der Waals surface area (Å²) in [6.07, 6.45) is 0. The molecule has 3 rings (SSSR count). The van der Waals surface area contributed by atoms with Gasteiger partial charge in [-0.1, -0.05) is 6.07 Å². The van der Waals surface area contributed by atoms with Gasteiger partial charge in [-0.3, -0.25) is 10.1 Å². The van der Waals surface area contributed by atoms with E-state index in [2.05, 4.69) is 33.8 Å². The van der Waals surface area contributed by atoms with Crippen LogP contribution in [0.15, 0.2) is 36.4 Å². The molecule has 2 aromatic rings. The summed E-state index contributed by atoms with van der Waals surface area (Å²) in [5.74, 6) is 1.01. The topological polar surface area (TPSA) is 62.5 Å². The van der Waals surface area contributed by atoms with E-state index in [-0.39, 0.29) is 10.6 Å². The van der Waals surface area contributed by atoms with Crippen LogP contribution in [0, 0.1) is 24.0 Å². The molecule has 1 aromatic carbocycles. The Balaban J connectivity index is 1.71. The number of aromatic nitrogens is 1. The molecule has 1 saturated heterocycles. The molecular weight excluding hydrogens is 292 g/mol. The van der Waals surface area contributed by atoms with Crippen LogP contribution in [0.25, 0.3) is 0 Å². The van der Waals surface area contributed by atoms with Gasteiger partial charge >= 0.3 is 0 Å². The summed E-state index contributed by atoms with van der Waals surface area (Å²) < 4.78 is 0. The first-order valence-corrected chi connectivity index (χ1v) is 7.72. The SMILES string of the molecule is Cc1cc(C)nc(N2CCN(c3cccc([N+](=O)[O-])c3)CC2)c1. The maximum absolute atomic E-state index is 10.9. The molecule has 0 saturated carbocycles. The van der Waals surface area contributed by atoms with Gasteiger partial charge in [-0.05, 0) is 37.6 Å². The third-order valence-corrected chi connectivity index (χ3v) is 4.09. The number of rotatable bonds is 3. The molecule has 1 fully saturated rings. The molecule has 1 aliphatic heterocycles. The number of non-ortho nitro benzene ring substituents is 1. The highest BCUT2D eigenvalue weighted by Crippen LogP contribution is 2.23. The summed E-state index contributed by atoms with van der Waals surface area (Å²) in [5, 5.41) is 10.9. The third kappa shape index (κ3) is 3.41. The van der Waals surface area contributed by atoms with Crippen molar-refractivity contribution in [3.05, 3.63) is 57.8 Å². The van der Waals surface area contributed by atoms with Gasteiger partial charge in [0.1, 0.15) is 5.82 Å². The maximum atomic E-state index is 10.9. The minimum atomic E-state index is -0.348. The maximum Gasteiger partial charge on any atom is 0.271 e. The minimum Gasteiger partial charge on any atom is -0.368 e. The fraction of sp³-hybridized carbons (Fsp3) is 0.353. The number of hydrogen-bond donors (Lipinski definition) is 0. The van der Waals surface area contributed by atoms with Crippen LogP contribution in [0.1, 0.15) is 11.3 Å². The van der Waals surface area contributed by atoms with Gasteiger partial charge in [0.15, 0.2) is 0 Å². The van der Waals surface area contributed by atoms with Crippen LogP contribution in [-0.2, 0) is 0 Å². The van der Waals surface area contributed by atoms with Gasteiger partial charge in [-0.25, -0.2) is 4.98 Å². The highest BCUT2D eigenvalue weighted by atomic mass is 16.6. The Hall–Kier alpha value is -2.63. The van der Waals surface area contributed by atoms with Crippen LogP contribution in [0.3, 0.4) is 0 Å². The number of piperazine rings is 1. The lowest BCUT2D eigenvalue weighted by atomic mass is 10.2. The number of pyridine rings is 1. The van der Waals surface area contributed by atoms with E-state index in [9.17, 15) is 10.1 Å². The molecule has 0 amide bonds. The van der Waals surface area contributed by atoms with Crippen molar-refractivity contribution in [1.82, 2.24) is 4.98 Å². The molecule has 1 aliphatic rings. The first-order chi connectivity index (χ1) is 11.0. The van der Waals surface area contributed by atoms with Gasteiger partial charge in [0.25, 0.3) is 5.69 Å². The Bertz CT molecular complexity index is 704. The van der Waals surface area contributed by atoms with E-state index >= 15 is 0 Å². The van der Waals surface area contributed by atoms with Crippen LogP contribution in [-0.4, -0.2) is 36.1 Å². The molecule has 23 heavy (non-hydrogen) atoms. The minimum absolute atomic E-state index is 0.140. The molecule has 0 N–H and O–H groups in total. The highest BCUT2D eigenvalue weighted by Gasteiger charge is 2.20. The molecule has 6 nitrogen and oxygen atoms in total. The molecule has 0 bridgehead atoms. The van der Waals surface area contributed by atoms with Crippen LogP contribution in [0.4, 0.5) is 17.2 Å². The molecule has 1 aromatic heterocycles. The zero-order valence-corrected chi connectivity index (χ0v) is 13.4. The Labute approximate surface area is 135 Å². The molecule has 0 unspecified atom stereocenters. The lowest BCUT2D eigenvalue weighted by Gasteiger charge is -2.36. The summed E-state index contributed by atoms with van der Waals surface area (Å²) in [6.45, 7) is 7.47. The molecule has 0 spiro atoms. The van der Waals surface area contributed by atoms with E-state index in [4.69, 9.17) is 0 Å². The fourth-order valence-corrected chi connectivity index (χ4v) is 2.98. The summed E-state index contributed by atoms with van der Waals surface area (Å²) in [5.41, 5.74) is 3.29. The van der Waals surface area contributed by atoms with Crippen molar-refractivity contribution in [2.75, 3.05) is 36.0 Å². The van der Waals surface area contributed by atoms with Crippen LogP contribution in [0.2, 0.25) is 0 Å². The Morgan fingerprint density at radius 1 is 1.04 bits per heavy atom. The second-order valence-electron chi connectivity index (χ2n) is 5.90. The predicted octanol–water partition coefficient (Wildman–Crippen LogP) is 2.93. The largest absolute Gasteiger partial charge is 0.368 e. The normalized spacial score (nSPS) is 14.9. The Morgan fingerprint density at radius 2 is 1.74 bits per heavy atom. The second-order valence-corrected chi connectivity index (χ2v) is 5.90. The van der Waals surface area contributed by atoms with Gasteiger partial charge in [0.05, 0.1) is 4.92 Å². The number of aryl methyl sites for hydroxylation is 2. The van der Waals surface area contributed by atoms with Crippen molar-refractivity contribution < 1.29 is 4.92 Å². The summed E-state index contributed by atoms with van der Waals surface area (Å²) in [6, 6.07) is 11.0. The molecular formula is C17H20N4O2. The zero-order valence-electron chi connectivity index (χ0n) is 13.4. The lowest BCUT2D eigenvalue weighted by Crippen LogP contribution is -2.46. The fourth-order valence-electron chi connectivity index (χ4n) is 2.98. The molecule has 120 valence electrons. The predicted molar refractivity (Wildman–Crippen MR) is 91.2 cm³/mol. The third-order valence-electron chi connectivity index (χ3n) is 4.09. The van der Waals surface area contributed by atoms with Gasteiger partial charge in [0.2, 0.25) is 0 Å². The van der Waals surface area contributed by atoms with E-state index in [1.54, 1.807) is 12.1 Å². The number of nitro groups is 1.